The standard InChI is InChI=1S/C11H15N3O/c12-10(15)11(5-1-2-6-14-11)9-3-7-13-8-4-9/h3-4,7-8,14H,1-2,5-6H2,(H2,12,15). The number of hydrogen-bond acceptors (Lipinski definition) is 3. The molecule has 1 aliphatic rings. The summed E-state index contributed by atoms with van der Waals surface area (Å²) < 4.78 is 0. The smallest absolute Gasteiger partial charge is 0.242 e. The lowest BCUT2D eigenvalue weighted by Crippen LogP contribution is -2.54. The Morgan fingerprint density at radius 3 is 2.67 bits per heavy atom. The molecule has 0 spiro atoms. The van der Waals surface area contributed by atoms with Crippen LogP contribution in [0.1, 0.15) is 24.8 Å². The third kappa shape index (κ3) is 1.72. The van der Waals surface area contributed by atoms with E-state index in [0.29, 0.717) is 0 Å². The van der Waals surface area contributed by atoms with Gasteiger partial charge >= 0.3 is 0 Å². The van der Waals surface area contributed by atoms with Crippen molar-refractivity contribution in [3.8, 4) is 0 Å². The number of nitrogens with two attached hydrogens (primary N) is 1. The summed E-state index contributed by atoms with van der Waals surface area (Å²) in [5.41, 5.74) is 5.75. The average molecular weight is 205 g/mol. The first kappa shape index (κ1) is 10.1. The van der Waals surface area contributed by atoms with E-state index in [9.17, 15) is 4.79 Å². The van der Waals surface area contributed by atoms with Gasteiger partial charge in [-0.05, 0) is 43.5 Å². The molecule has 2 heterocycles. The van der Waals surface area contributed by atoms with E-state index in [1.807, 2.05) is 12.1 Å². The number of rotatable bonds is 2. The normalized spacial score (nSPS) is 26.1. The molecule has 1 fully saturated rings. The second kappa shape index (κ2) is 3.98. The van der Waals surface area contributed by atoms with E-state index >= 15 is 0 Å². The highest BCUT2D eigenvalue weighted by Crippen LogP contribution is 2.29. The monoisotopic (exact) mass is 205 g/mol. The average Bonchev–Trinajstić information content (AvgIpc) is 2.31. The molecule has 0 bridgehead atoms. The van der Waals surface area contributed by atoms with Crippen LogP contribution in [0.15, 0.2) is 24.5 Å². The summed E-state index contributed by atoms with van der Waals surface area (Å²) in [6.07, 6.45) is 6.28. The molecule has 1 aliphatic heterocycles. The van der Waals surface area contributed by atoms with E-state index < -0.39 is 5.54 Å². The lowest BCUT2D eigenvalue weighted by atomic mass is 9.82. The van der Waals surface area contributed by atoms with E-state index in [4.69, 9.17) is 5.73 Å². The fourth-order valence-electron chi connectivity index (χ4n) is 2.14. The summed E-state index contributed by atoms with van der Waals surface area (Å²) in [5.74, 6) is -0.298. The molecule has 4 heteroatoms. The maximum Gasteiger partial charge on any atom is 0.242 e. The van der Waals surface area contributed by atoms with Gasteiger partial charge in [-0.25, -0.2) is 0 Å². The highest BCUT2D eigenvalue weighted by Gasteiger charge is 2.39. The second-order valence-corrected chi connectivity index (χ2v) is 3.89. The largest absolute Gasteiger partial charge is 0.368 e. The lowest BCUT2D eigenvalue weighted by Gasteiger charge is -2.35. The first-order chi connectivity index (χ1) is 7.26. The van der Waals surface area contributed by atoms with Gasteiger partial charge in [0.25, 0.3) is 0 Å². The Labute approximate surface area is 88.9 Å². The summed E-state index contributed by atoms with van der Waals surface area (Å²) in [6, 6.07) is 3.70. The van der Waals surface area contributed by atoms with E-state index in [2.05, 4.69) is 10.3 Å². The summed E-state index contributed by atoms with van der Waals surface area (Å²) in [4.78, 5) is 15.6. The topological polar surface area (TPSA) is 68.0 Å². The minimum absolute atomic E-state index is 0.298. The molecular weight excluding hydrogens is 190 g/mol. The number of carbonyl (C=O) groups excluding carboxylic acids is 1. The van der Waals surface area contributed by atoms with Crippen molar-refractivity contribution in [1.29, 1.82) is 0 Å². The molecule has 0 saturated carbocycles. The fourth-order valence-corrected chi connectivity index (χ4v) is 2.14. The van der Waals surface area contributed by atoms with Gasteiger partial charge in [-0.3, -0.25) is 15.1 Å². The molecule has 1 amide bonds. The molecule has 1 aromatic heterocycles. The minimum Gasteiger partial charge on any atom is -0.368 e. The zero-order valence-corrected chi connectivity index (χ0v) is 8.57. The van der Waals surface area contributed by atoms with Crippen LogP contribution in [0.2, 0.25) is 0 Å². The Morgan fingerprint density at radius 2 is 2.13 bits per heavy atom. The molecule has 0 aromatic carbocycles. The maximum atomic E-state index is 11.6. The summed E-state index contributed by atoms with van der Waals surface area (Å²) >= 11 is 0. The molecule has 4 nitrogen and oxygen atoms in total. The van der Waals surface area contributed by atoms with Crippen LogP contribution in [-0.4, -0.2) is 17.4 Å². The Hall–Kier alpha value is -1.42. The van der Waals surface area contributed by atoms with Gasteiger partial charge in [-0.2, -0.15) is 0 Å². The predicted molar refractivity (Wildman–Crippen MR) is 57.0 cm³/mol. The first-order valence-corrected chi connectivity index (χ1v) is 5.21. The van der Waals surface area contributed by atoms with Crippen LogP contribution < -0.4 is 11.1 Å². The van der Waals surface area contributed by atoms with Crippen molar-refractivity contribution in [3.05, 3.63) is 30.1 Å². The van der Waals surface area contributed by atoms with E-state index in [1.165, 1.54) is 0 Å². The van der Waals surface area contributed by atoms with Gasteiger partial charge in [0.15, 0.2) is 0 Å². The van der Waals surface area contributed by atoms with Crippen molar-refractivity contribution in [1.82, 2.24) is 10.3 Å². The van der Waals surface area contributed by atoms with Gasteiger partial charge in [0.2, 0.25) is 5.91 Å². The summed E-state index contributed by atoms with van der Waals surface area (Å²) in [5, 5.41) is 3.25. The first-order valence-electron chi connectivity index (χ1n) is 5.21. The van der Waals surface area contributed by atoms with E-state index in [0.717, 1.165) is 31.4 Å². The number of hydrogen-bond donors (Lipinski definition) is 2. The molecule has 1 saturated heterocycles. The van der Waals surface area contributed by atoms with E-state index in [-0.39, 0.29) is 5.91 Å². The summed E-state index contributed by atoms with van der Waals surface area (Å²) in [6.45, 7) is 0.839. The zero-order valence-electron chi connectivity index (χ0n) is 8.57. The second-order valence-electron chi connectivity index (χ2n) is 3.89. The Bertz CT molecular complexity index is 344. The third-order valence-electron chi connectivity index (χ3n) is 3.00. The van der Waals surface area contributed by atoms with Crippen LogP contribution in [0, 0.1) is 0 Å². The van der Waals surface area contributed by atoms with Gasteiger partial charge < -0.3 is 5.73 Å². The molecule has 1 aromatic rings. The SMILES string of the molecule is NC(=O)C1(c2ccncc2)CCCCN1. The number of carbonyl (C=O) groups is 1. The highest BCUT2D eigenvalue weighted by molar-refractivity contribution is 5.86. The van der Waals surface area contributed by atoms with Crippen LogP contribution in [-0.2, 0) is 10.3 Å². The van der Waals surface area contributed by atoms with Crippen LogP contribution in [0.5, 0.6) is 0 Å². The Kier molecular flexibility index (Phi) is 2.68. The molecule has 1 atom stereocenters. The van der Waals surface area contributed by atoms with Gasteiger partial charge in [0, 0.05) is 12.4 Å². The van der Waals surface area contributed by atoms with Gasteiger partial charge in [0.05, 0.1) is 0 Å². The third-order valence-corrected chi connectivity index (χ3v) is 3.00. The molecule has 1 unspecified atom stereocenters. The van der Waals surface area contributed by atoms with Crippen LogP contribution >= 0.6 is 0 Å². The minimum atomic E-state index is -0.679. The Balaban J connectivity index is 2.38. The van der Waals surface area contributed by atoms with Crippen molar-refractivity contribution in [2.75, 3.05) is 6.54 Å². The molecule has 0 aliphatic carbocycles. The predicted octanol–water partition coefficient (Wildman–Crippen LogP) is 0.536. The van der Waals surface area contributed by atoms with Gasteiger partial charge in [-0.15, -0.1) is 0 Å². The number of amides is 1. The quantitative estimate of drug-likeness (QED) is 0.740. The van der Waals surface area contributed by atoms with E-state index in [1.54, 1.807) is 12.4 Å². The number of nitrogens with one attached hydrogen (secondary N) is 1. The molecule has 3 N–H and O–H groups in total. The van der Waals surface area contributed by atoms with Crippen molar-refractivity contribution in [3.63, 3.8) is 0 Å². The highest BCUT2D eigenvalue weighted by atomic mass is 16.1. The molecule has 0 radical (unpaired) electrons. The maximum absolute atomic E-state index is 11.6. The number of piperidine rings is 1. The zero-order chi connectivity index (χ0) is 10.7. The summed E-state index contributed by atoms with van der Waals surface area (Å²) in [7, 11) is 0. The molecule has 2 rings (SSSR count). The van der Waals surface area contributed by atoms with Gasteiger partial charge in [0.1, 0.15) is 5.54 Å². The lowest BCUT2D eigenvalue weighted by molar-refractivity contribution is -0.125. The number of nitrogens with zero attached hydrogens (tertiary/aromatic N) is 1. The van der Waals surface area contributed by atoms with Crippen molar-refractivity contribution in [2.24, 2.45) is 5.73 Å². The molecular formula is C11H15N3O. The molecule has 80 valence electrons. The fraction of sp³-hybridized carbons (Fsp3) is 0.455. The number of pyridine rings is 1. The Morgan fingerprint density at radius 1 is 1.40 bits per heavy atom. The van der Waals surface area contributed by atoms with Crippen LogP contribution in [0.4, 0.5) is 0 Å². The van der Waals surface area contributed by atoms with Crippen molar-refractivity contribution < 1.29 is 4.79 Å². The van der Waals surface area contributed by atoms with Crippen molar-refractivity contribution in [2.45, 2.75) is 24.8 Å². The van der Waals surface area contributed by atoms with Crippen LogP contribution in [0.25, 0.3) is 0 Å². The number of aromatic nitrogens is 1. The van der Waals surface area contributed by atoms with Crippen molar-refractivity contribution >= 4 is 5.91 Å². The number of primary amides is 1. The molecule has 15 heavy (non-hydrogen) atoms. The van der Waals surface area contributed by atoms with Gasteiger partial charge in [-0.1, -0.05) is 0 Å². The van der Waals surface area contributed by atoms with Crippen LogP contribution in [0.3, 0.4) is 0 Å².